The van der Waals surface area contributed by atoms with Crippen LogP contribution in [0.4, 0.5) is 0 Å². The van der Waals surface area contributed by atoms with Crippen LogP contribution in [0.3, 0.4) is 0 Å². The van der Waals surface area contributed by atoms with E-state index in [2.05, 4.69) is 0 Å². The van der Waals surface area contributed by atoms with Crippen molar-refractivity contribution in [1.82, 2.24) is 4.90 Å². The topological polar surface area (TPSA) is 49.8 Å². The van der Waals surface area contributed by atoms with Crippen LogP contribution in [-0.2, 0) is 9.53 Å². The van der Waals surface area contributed by atoms with Gasteiger partial charge in [0.15, 0.2) is 0 Å². The van der Waals surface area contributed by atoms with Gasteiger partial charge in [-0.25, -0.2) is 0 Å². The summed E-state index contributed by atoms with van der Waals surface area (Å²) in [4.78, 5) is 12.4. The number of hydrogen-bond donors (Lipinski definition) is 1. The van der Waals surface area contributed by atoms with Gasteiger partial charge in [0.25, 0.3) is 0 Å². The van der Waals surface area contributed by atoms with Gasteiger partial charge in [0.1, 0.15) is 0 Å². The number of nitrogens with zero attached hydrogens (tertiary/aromatic N) is 1. The number of carboxylic acids is 1. The standard InChI is InChI=1S/C10H17NO3/c1-2-14-8-3-10(4-8)6-11(7-10)5-9(12)13/h8H,2-7H2,1H3,(H,12,13). The fraction of sp³-hybridized carbons (Fsp3) is 0.900. The molecule has 1 spiro atoms. The lowest BCUT2D eigenvalue weighted by Gasteiger charge is -2.58. The lowest BCUT2D eigenvalue weighted by atomic mass is 9.62. The zero-order valence-electron chi connectivity index (χ0n) is 8.53. The van der Waals surface area contributed by atoms with Crippen molar-refractivity contribution in [3.8, 4) is 0 Å². The van der Waals surface area contributed by atoms with Gasteiger partial charge in [0.05, 0.1) is 12.6 Å². The highest BCUT2D eigenvalue weighted by atomic mass is 16.5. The van der Waals surface area contributed by atoms with E-state index in [1.807, 2.05) is 11.8 Å². The maximum Gasteiger partial charge on any atom is 0.317 e. The molecule has 0 radical (unpaired) electrons. The molecule has 0 aromatic heterocycles. The summed E-state index contributed by atoms with van der Waals surface area (Å²) < 4.78 is 5.49. The summed E-state index contributed by atoms with van der Waals surface area (Å²) in [5.41, 5.74) is 0.412. The van der Waals surface area contributed by atoms with Crippen LogP contribution >= 0.6 is 0 Å². The van der Waals surface area contributed by atoms with E-state index in [9.17, 15) is 4.79 Å². The van der Waals surface area contributed by atoms with Gasteiger partial charge in [-0.3, -0.25) is 9.69 Å². The monoisotopic (exact) mass is 199 g/mol. The summed E-state index contributed by atoms with van der Waals surface area (Å²) >= 11 is 0. The molecule has 0 atom stereocenters. The molecule has 0 amide bonds. The average Bonchev–Trinajstić information content (AvgIpc) is 1.95. The average molecular weight is 199 g/mol. The summed E-state index contributed by atoms with van der Waals surface area (Å²) in [6.45, 7) is 4.90. The number of ether oxygens (including phenoxy) is 1. The highest BCUT2D eigenvalue weighted by Gasteiger charge is 2.52. The first-order chi connectivity index (χ1) is 6.63. The molecule has 2 fully saturated rings. The van der Waals surface area contributed by atoms with Crippen LogP contribution in [0.25, 0.3) is 0 Å². The van der Waals surface area contributed by atoms with Crippen molar-refractivity contribution in [1.29, 1.82) is 0 Å². The molecule has 4 heteroatoms. The third-order valence-electron chi connectivity index (χ3n) is 3.20. The lowest BCUT2D eigenvalue weighted by Crippen LogP contribution is -2.64. The Balaban J connectivity index is 1.66. The third kappa shape index (κ3) is 1.77. The number of likely N-dealkylation sites (tertiary alicyclic amines) is 1. The number of carboxylic acid groups (broad SMARTS) is 1. The molecular weight excluding hydrogens is 182 g/mol. The Morgan fingerprint density at radius 1 is 1.57 bits per heavy atom. The van der Waals surface area contributed by atoms with Crippen molar-refractivity contribution in [2.45, 2.75) is 25.9 Å². The van der Waals surface area contributed by atoms with E-state index in [1.165, 1.54) is 0 Å². The number of hydrogen-bond acceptors (Lipinski definition) is 3. The summed E-state index contributed by atoms with van der Waals surface area (Å²) in [6.07, 6.45) is 2.68. The van der Waals surface area contributed by atoms with Gasteiger partial charge in [-0.05, 0) is 19.8 Å². The minimum Gasteiger partial charge on any atom is -0.480 e. The van der Waals surface area contributed by atoms with Crippen LogP contribution in [-0.4, -0.2) is 48.3 Å². The molecule has 2 aliphatic rings. The van der Waals surface area contributed by atoms with Gasteiger partial charge < -0.3 is 9.84 Å². The Morgan fingerprint density at radius 3 is 2.71 bits per heavy atom. The summed E-state index contributed by atoms with van der Waals surface area (Å²) in [5.74, 6) is -0.722. The third-order valence-corrected chi connectivity index (χ3v) is 3.20. The van der Waals surface area contributed by atoms with Crippen LogP contribution in [0.15, 0.2) is 0 Å². The molecule has 1 saturated carbocycles. The second-order valence-corrected chi connectivity index (χ2v) is 4.52. The van der Waals surface area contributed by atoms with E-state index in [4.69, 9.17) is 9.84 Å². The first-order valence-electron chi connectivity index (χ1n) is 5.19. The summed E-state index contributed by atoms with van der Waals surface area (Å²) in [5, 5.41) is 8.58. The quantitative estimate of drug-likeness (QED) is 0.719. The Bertz CT molecular complexity index is 228. The fourth-order valence-electron chi connectivity index (χ4n) is 2.72. The number of aliphatic carboxylic acids is 1. The van der Waals surface area contributed by atoms with Crippen LogP contribution in [0, 0.1) is 5.41 Å². The molecule has 1 N–H and O–H groups in total. The summed E-state index contributed by atoms with van der Waals surface area (Å²) in [6, 6.07) is 0. The molecule has 0 aromatic rings. The van der Waals surface area contributed by atoms with Crippen molar-refractivity contribution in [3.63, 3.8) is 0 Å². The highest BCUT2D eigenvalue weighted by Crippen LogP contribution is 2.49. The first-order valence-corrected chi connectivity index (χ1v) is 5.19. The number of rotatable bonds is 4. The molecule has 0 bridgehead atoms. The molecule has 0 unspecified atom stereocenters. The molecule has 1 heterocycles. The van der Waals surface area contributed by atoms with Gasteiger partial charge in [-0.15, -0.1) is 0 Å². The predicted molar refractivity (Wildman–Crippen MR) is 51.2 cm³/mol. The van der Waals surface area contributed by atoms with Gasteiger partial charge in [-0.1, -0.05) is 0 Å². The first kappa shape index (κ1) is 9.93. The normalized spacial score (nSPS) is 25.8. The van der Waals surface area contributed by atoms with Crippen LogP contribution in [0.1, 0.15) is 19.8 Å². The van der Waals surface area contributed by atoms with E-state index < -0.39 is 5.97 Å². The molecule has 4 nitrogen and oxygen atoms in total. The Hall–Kier alpha value is -0.610. The molecule has 0 aromatic carbocycles. The van der Waals surface area contributed by atoms with Gasteiger partial charge in [-0.2, -0.15) is 0 Å². The van der Waals surface area contributed by atoms with E-state index in [-0.39, 0.29) is 6.54 Å². The number of carbonyl (C=O) groups is 1. The minimum absolute atomic E-state index is 0.195. The molecule has 14 heavy (non-hydrogen) atoms. The second-order valence-electron chi connectivity index (χ2n) is 4.52. The Labute approximate surface area is 83.8 Å². The smallest absolute Gasteiger partial charge is 0.317 e. The fourth-order valence-corrected chi connectivity index (χ4v) is 2.72. The molecule has 1 aliphatic carbocycles. The van der Waals surface area contributed by atoms with Crippen molar-refractivity contribution >= 4 is 5.97 Å². The minimum atomic E-state index is -0.722. The maximum absolute atomic E-state index is 10.4. The molecule has 1 aliphatic heterocycles. The molecule has 80 valence electrons. The van der Waals surface area contributed by atoms with Gasteiger partial charge in [0.2, 0.25) is 0 Å². The van der Waals surface area contributed by atoms with Crippen molar-refractivity contribution < 1.29 is 14.6 Å². The van der Waals surface area contributed by atoms with Crippen LogP contribution in [0.5, 0.6) is 0 Å². The van der Waals surface area contributed by atoms with Gasteiger partial charge in [0, 0.05) is 25.1 Å². The lowest BCUT2D eigenvalue weighted by molar-refractivity contribution is -0.161. The van der Waals surface area contributed by atoms with Crippen molar-refractivity contribution in [2.75, 3.05) is 26.2 Å². The zero-order valence-corrected chi connectivity index (χ0v) is 8.53. The summed E-state index contributed by atoms with van der Waals surface area (Å²) in [7, 11) is 0. The Morgan fingerprint density at radius 2 is 2.21 bits per heavy atom. The highest BCUT2D eigenvalue weighted by molar-refractivity contribution is 5.69. The largest absolute Gasteiger partial charge is 0.480 e. The maximum atomic E-state index is 10.4. The second kappa shape index (κ2) is 3.51. The molecule has 2 rings (SSSR count). The molecule has 1 saturated heterocycles. The van der Waals surface area contributed by atoms with E-state index in [0.29, 0.717) is 11.5 Å². The van der Waals surface area contributed by atoms with Gasteiger partial charge >= 0.3 is 5.97 Å². The SMILES string of the molecule is CCOC1CC2(C1)CN(CC(=O)O)C2. The van der Waals surface area contributed by atoms with Crippen molar-refractivity contribution in [3.05, 3.63) is 0 Å². The van der Waals surface area contributed by atoms with E-state index >= 15 is 0 Å². The zero-order chi connectivity index (χ0) is 10.2. The van der Waals surface area contributed by atoms with Crippen LogP contribution < -0.4 is 0 Å². The van der Waals surface area contributed by atoms with Crippen LogP contribution in [0.2, 0.25) is 0 Å². The van der Waals surface area contributed by atoms with E-state index in [0.717, 1.165) is 32.5 Å². The Kier molecular flexibility index (Phi) is 2.49. The van der Waals surface area contributed by atoms with E-state index in [1.54, 1.807) is 0 Å². The van der Waals surface area contributed by atoms with Crippen molar-refractivity contribution in [2.24, 2.45) is 5.41 Å². The molecular formula is C10H17NO3. The predicted octanol–water partition coefficient (Wildman–Crippen LogP) is 0.572.